The SMILES string of the molecule is CC.CNc1ccc(-c2ccc(-n3cccn3)c(OC)n2)nn1. The molecule has 0 atom stereocenters. The maximum Gasteiger partial charge on any atom is 0.240 e. The van der Waals surface area contributed by atoms with Gasteiger partial charge in [-0.25, -0.2) is 9.67 Å². The Bertz CT molecular complexity index is 725. The average Bonchev–Trinajstić information content (AvgIpc) is 3.17. The summed E-state index contributed by atoms with van der Waals surface area (Å²) < 4.78 is 7.04. The van der Waals surface area contributed by atoms with Crippen molar-refractivity contribution >= 4 is 5.82 Å². The zero-order valence-corrected chi connectivity index (χ0v) is 13.7. The molecule has 0 aliphatic rings. The molecule has 23 heavy (non-hydrogen) atoms. The van der Waals surface area contributed by atoms with Gasteiger partial charge in [0.05, 0.1) is 12.8 Å². The van der Waals surface area contributed by atoms with Crippen LogP contribution in [-0.4, -0.2) is 39.1 Å². The van der Waals surface area contributed by atoms with Gasteiger partial charge in [0.2, 0.25) is 5.88 Å². The lowest BCUT2D eigenvalue weighted by atomic mass is 10.2. The number of methoxy groups -OCH3 is 1. The van der Waals surface area contributed by atoms with Gasteiger partial charge in [0.1, 0.15) is 17.2 Å². The topological polar surface area (TPSA) is 77.8 Å². The number of nitrogens with one attached hydrogen (secondary N) is 1. The average molecular weight is 312 g/mol. The van der Waals surface area contributed by atoms with Crippen LogP contribution in [0, 0.1) is 0 Å². The fourth-order valence-electron chi connectivity index (χ4n) is 1.91. The zero-order chi connectivity index (χ0) is 16.7. The Hall–Kier alpha value is -2.96. The van der Waals surface area contributed by atoms with Crippen LogP contribution in [0.4, 0.5) is 5.82 Å². The minimum atomic E-state index is 0.482. The van der Waals surface area contributed by atoms with E-state index in [0.717, 1.165) is 5.69 Å². The van der Waals surface area contributed by atoms with Crippen LogP contribution in [0.2, 0.25) is 0 Å². The van der Waals surface area contributed by atoms with Crippen LogP contribution in [0.15, 0.2) is 42.7 Å². The van der Waals surface area contributed by atoms with Gasteiger partial charge >= 0.3 is 0 Å². The number of pyridine rings is 1. The first-order chi connectivity index (χ1) is 11.3. The second-order valence-corrected chi connectivity index (χ2v) is 4.23. The van der Waals surface area contributed by atoms with Crippen LogP contribution < -0.4 is 10.1 Å². The summed E-state index contributed by atoms with van der Waals surface area (Å²) in [5.74, 6) is 1.19. The summed E-state index contributed by atoms with van der Waals surface area (Å²) in [5.41, 5.74) is 2.14. The highest BCUT2D eigenvalue weighted by Gasteiger charge is 2.11. The van der Waals surface area contributed by atoms with Gasteiger partial charge in [-0.2, -0.15) is 5.10 Å². The first kappa shape index (κ1) is 16.4. The van der Waals surface area contributed by atoms with Crippen molar-refractivity contribution in [1.82, 2.24) is 25.0 Å². The third-order valence-electron chi connectivity index (χ3n) is 2.97. The van der Waals surface area contributed by atoms with E-state index < -0.39 is 0 Å². The molecule has 7 nitrogen and oxygen atoms in total. The highest BCUT2D eigenvalue weighted by molar-refractivity contribution is 5.58. The molecule has 0 unspecified atom stereocenters. The van der Waals surface area contributed by atoms with E-state index in [1.54, 1.807) is 25.0 Å². The Morgan fingerprint density at radius 1 is 1.04 bits per heavy atom. The molecule has 3 heterocycles. The molecule has 0 aliphatic heterocycles. The fraction of sp³-hybridized carbons (Fsp3) is 0.250. The molecule has 0 amide bonds. The molecule has 3 rings (SSSR count). The molecule has 7 heteroatoms. The van der Waals surface area contributed by atoms with E-state index in [-0.39, 0.29) is 0 Å². The number of hydrogen-bond donors (Lipinski definition) is 1. The molecule has 0 radical (unpaired) electrons. The lowest BCUT2D eigenvalue weighted by molar-refractivity contribution is 0.395. The van der Waals surface area contributed by atoms with E-state index in [9.17, 15) is 0 Å². The summed E-state index contributed by atoms with van der Waals surface area (Å²) in [7, 11) is 3.37. The van der Waals surface area contributed by atoms with Crippen LogP contribution >= 0.6 is 0 Å². The molecule has 1 N–H and O–H groups in total. The Labute approximate surface area is 135 Å². The first-order valence-corrected chi connectivity index (χ1v) is 7.38. The highest BCUT2D eigenvalue weighted by atomic mass is 16.5. The molecule has 0 fully saturated rings. The summed E-state index contributed by atoms with van der Waals surface area (Å²) in [6, 6.07) is 9.30. The Kier molecular flexibility index (Phi) is 5.62. The summed E-state index contributed by atoms with van der Waals surface area (Å²) in [6.45, 7) is 4.00. The number of aromatic nitrogens is 5. The normalized spacial score (nSPS) is 9.74. The number of rotatable bonds is 4. The molecule has 0 spiro atoms. The lowest BCUT2D eigenvalue weighted by Crippen LogP contribution is -2.02. The third-order valence-corrected chi connectivity index (χ3v) is 2.97. The van der Waals surface area contributed by atoms with Crippen molar-refractivity contribution in [2.75, 3.05) is 19.5 Å². The van der Waals surface area contributed by atoms with E-state index in [1.165, 1.54) is 0 Å². The Morgan fingerprint density at radius 3 is 2.39 bits per heavy atom. The third kappa shape index (κ3) is 3.63. The van der Waals surface area contributed by atoms with Gasteiger partial charge in [0, 0.05) is 19.4 Å². The van der Waals surface area contributed by atoms with Gasteiger partial charge in [-0.05, 0) is 30.3 Å². The number of ether oxygens (including phenoxy) is 1. The zero-order valence-electron chi connectivity index (χ0n) is 13.7. The molecule has 0 saturated carbocycles. The van der Waals surface area contributed by atoms with Gasteiger partial charge in [0.25, 0.3) is 0 Å². The summed E-state index contributed by atoms with van der Waals surface area (Å²) >= 11 is 0. The van der Waals surface area contributed by atoms with E-state index in [1.807, 2.05) is 50.4 Å². The van der Waals surface area contributed by atoms with Crippen LogP contribution in [0.1, 0.15) is 13.8 Å². The van der Waals surface area contributed by atoms with Crippen molar-refractivity contribution in [1.29, 1.82) is 0 Å². The Morgan fingerprint density at radius 2 is 1.83 bits per heavy atom. The smallest absolute Gasteiger partial charge is 0.240 e. The molecule has 3 aromatic heterocycles. The van der Waals surface area contributed by atoms with Crippen LogP contribution in [0.3, 0.4) is 0 Å². The van der Waals surface area contributed by atoms with E-state index in [0.29, 0.717) is 23.1 Å². The minimum absolute atomic E-state index is 0.482. The predicted octanol–water partition coefficient (Wildman–Crippen LogP) is 2.80. The predicted molar refractivity (Wildman–Crippen MR) is 89.8 cm³/mol. The molecule has 0 aromatic carbocycles. The molecule has 0 saturated heterocycles. The van der Waals surface area contributed by atoms with E-state index >= 15 is 0 Å². The Balaban J connectivity index is 0.000000924. The monoisotopic (exact) mass is 312 g/mol. The lowest BCUT2D eigenvalue weighted by Gasteiger charge is -2.09. The molecule has 3 aromatic rings. The van der Waals surface area contributed by atoms with Crippen LogP contribution in [-0.2, 0) is 0 Å². The minimum Gasteiger partial charge on any atom is -0.479 e. The molecule has 0 aliphatic carbocycles. The first-order valence-electron chi connectivity index (χ1n) is 7.38. The van der Waals surface area contributed by atoms with Gasteiger partial charge in [-0.1, -0.05) is 13.8 Å². The second kappa shape index (κ2) is 7.88. The van der Waals surface area contributed by atoms with E-state index in [2.05, 4.69) is 25.6 Å². The highest BCUT2D eigenvalue weighted by Crippen LogP contribution is 2.24. The summed E-state index contributed by atoms with van der Waals surface area (Å²) in [5, 5.41) is 15.3. The standard InChI is InChI=1S/C14H14N6O.C2H6/c1-15-13-7-5-11(18-19-13)10-4-6-12(14(17-10)21-2)20-9-3-8-16-20;1-2/h3-9H,1-2H3,(H,15,19);1-2H3. The van der Waals surface area contributed by atoms with Crippen molar-refractivity contribution in [2.45, 2.75) is 13.8 Å². The molecule has 120 valence electrons. The molecule has 0 bridgehead atoms. The van der Waals surface area contributed by atoms with Gasteiger partial charge < -0.3 is 10.1 Å². The number of anilines is 1. The maximum absolute atomic E-state index is 5.34. The quantitative estimate of drug-likeness (QED) is 0.798. The van der Waals surface area contributed by atoms with Crippen LogP contribution in [0.25, 0.3) is 17.1 Å². The van der Waals surface area contributed by atoms with E-state index in [4.69, 9.17) is 4.74 Å². The summed E-state index contributed by atoms with van der Waals surface area (Å²) in [6.07, 6.45) is 3.54. The maximum atomic E-state index is 5.34. The van der Waals surface area contributed by atoms with Crippen molar-refractivity contribution < 1.29 is 4.74 Å². The number of nitrogens with zero attached hydrogens (tertiary/aromatic N) is 5. The van der Waals surface area contributed by atoms with Gasteiger partial charge in [-0.15, -0.1) is 10.2 Å². The van der Waals surface area contributed by atoms with Crippen molar-refractivity contribution in [3.05, 3.63) is 42.7 Å². The van der Waals surface area contributed by atoms with Crippen molar-refractivity contribution in [2.24, 2.45) is 0 Å². The van der Waals surface area contributed by atoms with Crippen molar-refractivity contribution in [3.8, 4) is 23.0 Å². The van der Waals surface area contributed by atoms with Gasteiger partial charge in [0.15, 0.2) is 0 Å². The fourth-order valence-corrected chi connectivity index (χ4v) is 1.91. The van der Waals surface area contributed by atoms with Gasteiger partial charge in [-0.3, -0.25) is 0 Å². The summed E-state index contributed by atoms with van der Waals surface area (Å²) in [4.78, 5) is 4.47. The second-order valence-electron chi connectivity index (χ2n) is 4.23. The number of hydrogen-bond acceptors (Lipinski definition) is 6. The largest absolute Gasteiger partial charge is 0.479 e. The van der Waals surface area contributed by atoms with Crippen LogP contribution in [0.5, 0.6) is 5.88 Å². The van der Waals surface area contributed by atoms with Crippen molar-refractivity contribution in [3.63, 3.8) is 0 Å². The molecular formula is C16H20N6O. The molecular weight excluding hydrogens is 292 g/mol.